The highest BCUT2D eigenvalue weighted by Gasteiger charge is 2.12. The summed E-state index contributed by atoms with van der Waals surface area (Å²) in [5, 5.41) is 7.72. The molecule has 1 aliphatic rings. The van der Waals surface area contributed by atoms with E-state index in [4.69, 9.17) is 11.5 Å². The van der Waals surface area contributed by atoms with Gasteiger partial charge in [0.1, 0.15) is 0 Å². The van der Waals surface area contributed by atoms with Gasteiger partial charge in [-0.2, -0.15) is 5.10 Å². The van der Waals surface area contributed by atoms with E-state index in [1.807, 2.05) is 6.07 Å². The van der Waals surface area contributed by atoms with E-state index in [-0.39, 0.29) is 5.96 Å². The maximum Gasteiger partial charge on any atom is 0.211 e. The molecule has 2 rings (SSSR count). The van der Waals surface area contributed by atoms with Gasteiger partial charge in [0.2, 0.25) is 5.96 Å². The fourth-order valence-corrected chi connectivity index (χ4v) is 1.77. The van der Waals surface area contributed by atoms with Crippen LogP contribution in [0.1, 0.15) is 17.5 Å². The molecule has 0 unspecified atom stereocenters. The zero-order chi connectivity index (χ0) is 10.7. The van der Waals surface area contributed by atoms with Crippen LogP contribution in [-0.4, -0.2) is 11.7 Å². The van der Waals surface area contributed by atoms with Gasteiger partial charge in [0.25, 0.3) is 0 Å². The average Bonchev–Trinajstić information content (AvgIpc) is 2.26. The number of aryl methyl sites for hydroxylation is 1. The van der Waals surface area contributed by atoms with Crippen molar-refractivity contribution in [2.24, 2.45) is 21.7 Å². The Morgan fingerprint density at radius 1 is 1.07 bits per heavy atom. The van der Waals surface area contributed by atoms with Gasteiger partial charge in [0, 0.05) is 12.1 Å². The van der Waals surface area contributed by atoms with Crippen molar-refractivity contribution in [3.05, 3.63) is 35.4 Å². The summed E-state index contributed by atoms with van der Waals surface area (Å²) < 4.78 is 0. The van der Waals surface area contributed by atoms with Crippen LogP contribution in [0.5, 0.6) is 0 Å². The maximum atomic E-state index is 5.22. The summed E-state index contributed by atoms with van der Waals surface area (Å²) in [6, 6.07) is 8.39. The summed E-state index contributed by atoms with van der Waals surface area (Å²) in [6.07, 6.45) is 2.82. The van der Waals surface area contributed by atoms with Crippen molar-refractivity contribution in [2.45, 2.75) is 19.3 Å². The van der Waals surface area contributed by atoms with Gasteiger partial charge in [-0.1, -0.05) is 24.3 Å². The van der Waals surface area contributed by atoms with E-state index in [0.29, 0.717) is 0 Å². The van der Waals surface area contributed by atoms with Crippen molar-refractivity contribution in [1.82, 2.24) is 0 Å². The van der Waals surface area contributed by atoms with Crippen molar-refractivity contribution in [3.63, 3.8) is 0 Å². The van der Waals surface area contributed by atoms with Crippen LogP contribution in [0.4, 0.5) is 0 Å². The van der Waals surface area contributed by atoms with Crippen LogP contribution in [0.3, 0.4) is 0 Å². The van der Waals surface area contributed by atoms with Crippen LogP contribution in [0.2, 0.25) is 0 Å². The molecule has 0 heterocycles. The Hall–Kier alpha value is -1.84. The number of hydrogen-bond acceptors (Lipinski definition) is 2. The number of rotatable bonds is 1. The molecule has 0 bridgehead atoms. The molecule has 78 valence electrons. The number of nitrogens with two attached hydrogens (primary N) is 2. The smallest absolute Gasteiger partial charge is 0.211 e. The Morgan fingerprint density at radius 2 is 1.80 bits per heavy atom. The van der Waals surface area contributed by atoms with E-state index in [1.165, 1.54) is 11.1 Å². The first-order chi connectivity index (χ1) is 7.25. The molecule has 0 fully saturated rings. The standard InChI is InChI=1S/C11H14N4/c12-11(13)15-14-10-6-5-8-3-1-2-4-9(8)7-10/h1-4H,5-7H2,(H4,12,13,15). The topological polar surface area (TPSA) is 76.8 Å². The number of fused-ring (bicyclic) bond motifs is 1. The summed E-state index contributed by atoms with van der Waals surface area (Å²) in [5.41, 5.74) is 14.2. The molecular weight excluding hydrogens is 188 g/mol. The SMILES string of the molecule is NC(N)=NN=C1CCc2ccccc2C1. The van der Waals surface area contributed by atoms with Gasteiger partial charge in [-0.25, -0.2) is 0 Å². The fraction of sp³-hybridized carbons (Fsp3) is 0.273. The molecule has 4 nitrogen and oxygen atoms in total. The van der Waals surface area contributed by atoms with E-state index in [9.17, 15) is 0 Å². The lowest BCUT2D eigenvalue weighted by Crippen LogP contribution is -2.22. The maximum absolute atomic E-state index is 5.22. The molecule has 1 aliphatic carbocycles. The molecule has 1 aromatic rings. The highest BCUT2D eigenvalue weighted by Crippen LogP contribution is 2.19. The molecule has 0 amide bonds. The Morgan fingerprint density at radius 3 is 2.53 bits per heavy atom. The number of guanidine groups is 1. The first kappa shape index (κ1) is 9.71. The van der Waals surface area contributed by atoms with Gasteiger partial charge >= 0.3 is 0 Å². The number of hydrogen-bond donors (Lipinski definition) is 2. The van der Waals surface area contributed by atoms with Crippen molar-refractivity contribution in [3.8, 4) is 0 Å². The quantitative estimate of drug-likeness (QED) is 0.401. The first-order valence-electron chi connectivity index (χ1n) is 4.97. The largest absolute Gasteiger partial charge is 0.369 e. The second-order valence-electron chi connectivity index (χ2n) is 3.64. The molecule has 0 aromatic heterocycles. The predicted molar refractivity (Wildman–Crippen MR) is 61.7 cm³/mol. The third-order valence-corrected chi connectivity index (χ3v) is 2.50. The lowest BCUT2D eigenvalue weighted by Gasteiger charge is -2.16. The van der Waals surface area contributed by atoms with Crippen molar-refractivity contribution >= 4 is 11.7 Å². The molecule has 1 aromatic carbocycles. The van der Waals surface area contributed by atoms with Crippen molar-refractivity contribution < 1.29 is 0 Å². The molecule has 15 heavy (non-hydrogen) atoms. The molecule has 0 radical (unpaired) electrons. The van der Waals surface area contributed by atoms with Crippen LogP contribution >= 0.6 is 0 Å². The Kier molecular flexibility index (Phi) is 2.67. The monoisotopic (exact) mass is 202 g/mol. The minimum Gasteiger partial charge on any atom is -0.369 e. The second-order valence-corrected chi connectivity index (χ2v) is 3.64. The average molecular weight is 202 g/mol. The van der Waals surface area contributed by atoms with Crippen LogP contribution < -0.4 is 11.5 Å². The lowest BCUT2D eigenvalue weighted by atomic mass is 9.90. The number of nitrogens with zero attached hydrogens (tertiary/aromatic N) is 2. The molecular formula is C11H14N4. The van der Waals surface area contributed by atoms with Crippen LogP contribution in [0.25, 0.3) is 0 Å². The van der Waals surface area contributed by atoms with Gasteiger partial charge in [-0.15, -0.1) is 5.10 Å². The normalized spacial score (nSPS) is 17.2. The summed E-state index contributed by atoms with van der Waals surface area (Å²) >= 11 is 0. The Balaban J connectivity index is 2.19. The molecule has 0 atom stereocenters. The zero-order valence-electron chi connectivity index (χ0n) is 8.48. The van der Waals surface area contributed by atoms with Gasteiger partial charge in [-0.05, 0) is 24.0 Å². The fourth-order valence-electron chi connectivity index (χ4n) is 1.77. The Labute approximate surface area is 88.7 Å². The van der Waals surface area contributed by atoms with E-state index in [1.54, 1.807) is 0 Å². The minimum absolute atomic E-state index is 0.0151. The Bertz CT molecular complexity index is 416. The second kappa shape index (κ2) is 4.13. The summed E-state index contributed by atoms with van der Waals surface area (Å²) in [7, 11) is 0. The van der Waals surface area contributed by atoms with E-state index < -0.39 is 0 Å². The van der Waals surface area contributed by atoms with Gasteiger partial charge in [0.15, 0.2) is 0 Å². The van der Waals surface area contributed by atoms with Crippen LogP contribution in [0, 0.1) is 0 Å². The highest BCUT2D eigenvalue weighted by atomic mass is 15.3. The van der Waals surface area contributed by atoms with Crippen molar-refractivity contribution in [1.29, 1.82) is 0 Å². The van der Waals surface area contributed by atoms with Gasteiger partial charge in [0.05, 0.1) is 0 Å². The minimum atomic E-state index is 0.0151. The molecule has 0 aliphatic heterocycles. The predicted octanol–water partition coefficient (Wildman–Crippen LogP) is 0.805. The summed E-state index contributed by atoms with van der Waals surface area (Å²) in [4.78, 5) is 0. The van der Waals surface area contributed by atoms with Crippen LogP contribution in [0.15, 0.2) is 34.5 Å². The van der Waals surface area contributed by atoms with Crippen LogP contribution in [-0.2, 0) is 12.8 Å². The third kappa shape index (κ3) is 2.34. The van der Waals surface area contributed by atoms with E-state index in [0.717, 1.165) is 25.0 Å². The van der Waals surface area contributed by atoms with Gasteiger partial charge < -0.3 is 11.5 Å². The molecule has 0 saturated carbocycles. The highest BCUT2D eigenvalue weighted by molar-refractivity contribution is 5.89. The number of benzene rings is 1. The zero-order valence-corrected chi connectivity index (χ0v) is 8.48. The summed E-state index contributed by atoms with van der Waals surface area (Å²) in [6.45, 7) is 0. The van der Waals surface area contributed by atoms with Crippen molar-refractivity contribution in [2.75, 3.05) is 0 Å². The third-order valence-electron chi connectivity index (χ3n) is 2.50. The molecule has 0 saturated heterocycles. The lowest BCUT2D eigenvalue weighted by molar-refractivity contribution is 0.933. The first-order valence-corrected chi connectivity index (χ1v) is 4.97. The molecule has 0 spiro atoms. The van der Waals surface area contributed by atoms with Gasteiger partial charge in [-0.3, -0.25) is 0 Å². The molecule has 4 N–H and O–H groups in total. The molecule has 4 heteroatoms. The summed E-state index contributed by atoms with van der Waals surface area (Å²) in [5.74, 6) is 0.0151. The van der Waals surface area contributed by atoms with E-state index >= 15 is 0 Å². The van der Waals surface area contributed by atoms with E-state index in [2.05, 4.69) is 28.4 Å².